The molecule has 0 unspecified atom stereocenters. The van der Waals surface area contributed by atoms with Gasteiger partial charge in [0.1, 0.15) is 12.6 Å². The van der Waals surface area contributed by atoms with Crippen molar-refractivity contribution in [2.24, 2.45) is 0 Å². The summed E-state index contributed by atoms with van der Waals surface area (Å²) in [6.07, 6.45) is 8.44. The van der Waals surface area contributed by atoms with Gasteiger partial charge in [0.25, 0.3) is 5.91 Å². The van der Waals surface area contributed by atoms with Gasteiger partial charge in [0, 0.05) is 18.7 Å². The normalized spacial score (nSPS) is 15.4. The zero-order valence-corrected chi connectivity index (χ0v) is 16.2. The lowest BCUT2D eigenvalue weighted by Crippen LogP contribution is -2.42. The highest BCUT2D eigenvalue weighted by atomic mass is 16.4. The standard InChI is InChI=1S/C21H26N4O4/c26-19(23-17-9-5-2-6-10-17)14-25-13-16(12-22-25)20(27)24-18(21(28)29)11-15-7-3-1-4-8-15/h1,3-4,7-8,12-13,17-18H,2,5-6,9-11,14H2,(H,23,26)(H,24,27)(H,28,29)/t18-/m0/s1. The number of carboxylic acid groups (broad SMARTS) is 1. The van der Waals surface area contributed by atoms with Crippen LogP contribution in [-0.4, -0.2) is 44.8 Å². The van der Waals surface area contributed by atoms with Crippen molar-refractivity contribution >= 4 is 17.8 Å². The summed E-state index contributed by atoms with van der Waals surface area (Å²) in [5, 5.41) is 19.0. The van der Waals surface area contributed by atoms with Gasteiger partial charge in [-0.05, 0) is 18.4 Å². The quantitative estimate of drug-likeness (QED) is 0.627. The lowest BCUT2D eigenvalue weighted by molar-refractivity contribution is -0.139. The third-order valence-electron chi connectivity index (χ3n) is 5.06. The molecule has 0 saturated heterocycles. The van der Waals surface area contributed by atoms with Crippen LogP contribution in [0.5, 0.6) is 0 Å². The van der Waals surface area contributed by atoms with E-state index in [2.05, 4.69) is 15.7 Å². The van der Waals surface area contributed by atoms with Gasteiger partial charge < -0.3 is 15.7 Å². The first-order valence-corrected chi connectivity index (χ1v) is 9.90. The first kappa shape index (κ1) is 20.6. The summed E-state index contributed by atoms with van der Waals surface area (Å²) in [6.45, 7) is 0.0240. The van der Waals surface area contributed by atoms with Crippen molar-refractivity contribution in [1.82, 2.24) is 20.4 Å². The minimum Gasteiger partial charge on any atom is -0.480 e. The summed E-state index contributed by atoms with van der Waals surface area (Å²) >= 11 is 0. The Morgan fingerprint density at radius 2 is 1.86 bits per heavy atom. The van der Waals surface area contributed by atoms with E-state index in [1.165, 1.54) is 23.5 Å². The van der Waals surface area contributed by atoms with E-state index in [4.69, 9.17) is 0 Å². The van der Waals surface area contributed by atoms with Crippen molar-refractivity contribution < 1.29 is 19.5 Å². The summed E-state index contributed by atoms with van der Waals surface area (Å²) in [7, 11) is 0. The van der Waals surface area contributed by atoms with E-state index in [1.54, 1.807) is 0 Å². The summed E-state index contributed by atoms with van der Waals surface area (Å²) in [5.74, 6) is -1.78. The largest absolute Gasteiger partial charge is 0.480 e. The molecule has 3 N–H and O–H groups in total. The average Bonchev–Trinajstić information content (AvgIpc) is 3.17. The number of hydrogen-bond acceptors (Lipinski definition) is 4. The van der Waals surface area contributed by atoms with Crippen LogP contribution in [0.4, 0.5) is 0 Å². The van der Waals surface area contributed by atoms with Crippen LogP contribution in [0.15, 0.2) is 42.7 Å². The van der Waals surface area contributed by atoms with E-state index in [9.17, 15) is 19.5 Å². The monoisotopic (exact) mass is 398 g/mol. The zero-order chi connectivity index (χ0) is 20.6. The molecule has 8 heteroatoms. The highest BCUT2D eigenvalue weighted by molar-refractivity contribution is 5.96. The number of carbonyl (C=O) groups excluding carboxylic acids is 2. The molecule has 1 saturated carbocycles. The molecule has 0 radical (unpaired) electrons. The molecule has 1 aliphatic carbocycles. The zero-order valence-electron chi connectivity index (χ0n) is 16.2. The van der Waals surface area contributed by atoms with Gasteiger partial charge in [0.2, 0.25) is 5.91 Å². The number of aromatic nitrogens is 2. The Kier molecular flexibility index (Phi) is 6.99. The average molecular weight is 398 g/mol. The van der Waals surface area contributed by atoms with Crippen molar-refractivity contribution in [2.45, 2.75) is 57.2 Å². The molecule has 2 aromatic rings. The van der Waals surface area contributed by atoms with Crippen LogP contribution in [0, 0.1) is 0 Å². The van der Waals surface area contributed by atoms with Crippen molar-refractivity contribution in [3.05, 3.63) is 53.9 Å². The van der Waals surface area contributed by atoms with Gasteiger partial charge in [-0.2, -0.15) is 5.10 Å². The van der Waals surface area contributed by atoms with Crippen molar-refractivity contribution in [3.63, 3.8) is 0 Å². The number of benzene rings is 1. The molecular weight excluding hydrogens is 372 g/mol. The van der Waals surface area contributed by atoms with Crippen LogP contribution in [0.3, 0.4) is 0 Å². The maximum atomic E-state index is 12.4. The molecule has 1 fully saturated rings. The topological polar surface area (TPSA) is 113 Å². The van der Waals surface area contributed by atoms with Gasteiger partial charge in [-0.3, -0.25) is 14.3 Å². The molecule has 0 bridgehead atoms. The summed E-state index contributed by atoms with van der Waals surface area (Å²) in [6, 6.07) is 8.26. The fourth-order valence-electron chi connectivity index (χ4n) is 3.53. The van der Waals surface area contributed by atoms with E-state index in [0.29, 0.717) is 0 Å². The maximum Gasteiger partial charge on any atom is 0.326 e. The van der Waals surface area contributed by atoms with E-state index < -0.39 is 17.9 Å². The molecular formula is C21H26N4O4. The summed E-state index contributed by atoms with van der Waals surface area (Å²) in [5.41, 5.74) is 1.03. The first-order chi connectivity index (χ1) is 14.0. The molecule has 1 atom stereocenters. The number of nitrogens with one attached hydrogen (secondary N) is 2. The smallest absolute Gasteiger partial charge is 0.326 e. The lowest BCUT2D eigenvalue weighted by atomic mass is 9.95. The highest BCUT2D eigenvalue weighted by Crippen LogP contribution is 2.17. The molecule has 2 amide bonds. The Hall–Kier alpha value is -3.16. The Balaban J connectivity index is 1.54. The van der Waals surface area contributed by atoms with Gasteiger partial charge in [0.05, 0.1) is 11.8 Å². The van der Waals surface area contributed by atoms with E-state index >= 15 is 0 Å². The van der Waals surface area contributed by atoms with Crippen molar-refractivity contribution in [1.29, 1.82) is 0 Å². The number of nitrogens with zero attached hydrogens (tertiary/aromatic N) is 2. The minimum atomic E-state index is -1.11. The molecule has 0 aliphatic heterocycles. The molecule has 0 spiro atoms. The SMILES string of the molecule is O=C(Cn1cc(C(=O)N[C@@H](Cc2ccccc2)C(=O)O)cn1)NC1CCCCC1. The summed E-state index contributed by atoms with van der Waals surface area (Å²) < 4.78 is 1.39. The van der Waals surface area contributed by atoms with Gasteiger partial charge in [0.15, 0.2) is 0 Å². The fourth-order valence-corrected chi connectivity index (χ4v) is 3.53. The molecule has 1 aliphatic rings. The van der Waals surface area contributed by atoms with Gasteiger partial charge in [-0.15, -0.1) is 0 Å². The van der Waals surface area contributed by atoms with E-state index in [1.807, 2.05) is 30.3 Å². The molecule has 8 nitrogen and oxygen atoms in total. The number of hydrogen-bond donors (Lipinski definition) is 3. The van der Waals surface area contributed by atoms with Crippen LogP contribution in [-0.2, 0) is 22.6 Å². The molecule has 1 aromatic heterocycles. The first-order valence-electron chi connectivity index (χ1n) is 9.90. The fraction of sp³-hybridized carbons (Fsp3) is 0.429. The molecule has 29 heavy (non-hydrogen) atoms. The lowest BCUT2D eigenvalue weighted by Gasteiger charge is -2.22. The Labute approximate surface area is 169 Å². The van der Waals surface area contributed by atoms with Crippen LogP contribution in [0.2, 0.25) is 0 Å². The Bertz CT molecular complexity index is 843. The minimum absolute atomic E-state index is 0.0240. The van der Waals surface area contributed by atoms with E-state index in [-0.39, 0.29) is 30.5 Å². The summed E-state index contributed by atoms with van der Waals surface area (Å²) in [4.78, 5) is 36.1. The number of aliphatic carboxylic acids is 1. The van der Waals surface area contributed by atoms with Crippen LogP contribution in [0.1, 0.15) is 48.0 Å². The molecule has 3 rings (SSSR count). The Morgan fingerprint density at radius 3 is 2.55 bits per heavy atom. The Morgan fingerprint density at radius 1 is 1.14 bits per heavy atom. The molecule has 154 valence electrons. The third-order valence-corrected chi connectivity index (χ3v) is 5.06. The van der Waals surface area contributed by atoms with Crippen LogP contribution < -0.4 is 10.6 Å². The van der Waals surface area contributed by atoms with Gasteiger partial charge in [-0.25, -0.2) is 4.79 Å². The number of carboxylic acids is 1. The van der Waals surface area contributed by atoms with Crippen LogP contribution in [0.25, 0.3) is 0 Å². The highest BCUT2D eigenvalue weighted by Gasteiger charge is 2.22. The number of carbonyl (C=O) groups is 3. The number of rotatable bonds is 8. The van der Waals surface area contributed by atoms with Crippen molar-refractivity contribution in [2.75, 3.05) is 0 Å². The second-order valence-corrected chi connectivity index (χ2v) is 7.38. The molecule has 1 aromatic carbocycles. The third kappa shape index (κ3) is 6.17. The van der Waals surface area contributed by atoms with E-state index in [0.717, 1.165) is 31.2 Å². The predicted molar refractivity (Wildman–Crippen MR) is 106 cm³/mol. The van der Waals surface area contributed by atoms with Crippen LogP contribution >= 0.6 is 0 Å². The second kappa shape index (κ2) is 9.86. The predicted octanol–water partition coefficient (Wildman–Crippen LogP) is 1.76. The van der Waals surface area contributed by atoms with Gasteiger partial charge in [-0.1, -0.05) is 49.6 Å². The molecule has 1 heterocycles. The number of amides is 2. The second-order valence-electron chi connectivity index (χ2n) is 7.38. The van der Waals surface area contributed by atoms with Crippen molar-refractivity contribution in [3.8, 4) is 0 Å². The van der Waals surface area contributed by atoms with Gasteiger partial charge >= 0.3 is 5.97 Å². The maximum absolute atomic E-state index is 12.4.